The van der Waals surface area contributed by atoms with E-state index in [9.17, 15) is 0 Å². The van der Waals surface area contributed by atoms with Crippen molar-refractivity contribution < 1.29 is 0 Å². The van der Waals surface area contributed by atoms with Gasteiger partial charge in [-0.1, -0.05) is 30.3 Å². The normalized spacial score (nSPS) is 10.4. The summed E-state index contributed by atoms with van der Waals surface area (Å²) in [5.41, 5.74) is 3.31. The molecule has 94 valence electrons. The number of anilines is 1. The molecule has 0 spiro atoms. The highest BCUT2D eigenvalue weighted by atomic mass is 15.2. The third kappa shape index (κ3) is 2.35. The number of aromatic nitrogens is 2. The summed E-state index contributed by atoms with van der Waals surface area (Å²) in [7, 11) is 0. The molecule has 1 heterocycles. The van der Waals surface area contributed by atoms with Gasteiger partial charge in [-0.05, 0) is 20.8 Å². The maximum atomic E-state index is 4.42. The van der Waals surface area contributed by atoms with Gasteiger partial charge in [-0.2, -0.15) is 0 Å². The van der Waals surface area contributed by atoms with Crippen molar-refractivity contribution in [3.63, 3.8) is 0 Å². The maximum absolute atomic E-state index is 4.42. The van der Waals surface area contributed by atoms with Crippen molar-refractivity contribution in [3.8, 4) is 11.3 Å². The molecule has 3 heteroatoms. The Bertz CT molecular complexity index is 504. The zero-order chi connectivity index (χ0) is 13.0. The molecule has 0 aliphatic carbocycles. The highest BCUT2D eigenvalue weighted by Crippen LogP contribution is 2.26. The molecule has 1 aromatic carbocycles. The Hall–Kier alpha value is -1.90. The molecule has 0 N–H and O–H groups in total. The molecule has 0 saturated carbocycles. The van der Waals surface area contributed by atoms with Gasteiger partial charge in [0.15, 0.2) is 0 Å². The number of benzene rings is 1. The number of nitrogens with zero attached hydrogens (tertiary/aromatic N) is 3. The predicted molar refractivity (Wildman–Crippen MR) is 75.8 cm³/mol. The standard InChI is InChI=1S/C15H19N3/c1-4-18(5-2)15-12(3)14(16-11-17-15)13-9-7-6-8-10-13/h6-11H,4-5H2,1-3H3. The van der Waals surface area contributed by atoms with Crippen molar-refractivity contribution in [1.29, 1.82) is 0 Å². The fourth-order valence-corrected chi connectivity index (χ4v) is 2.17. The molecule has 0 radical (unpaired) electrons. The van der Waals surface area contributed by atoms with Crippen LogP contribution in [0, 0.1) is 6.92 Å². The topological polar surface area (TPSA) is 29.0 Å². The zero-order valence-corrected chi connectivity index (χ0v) is 11.2. The molecule has 0 aliphatic heterocycles. The van der Waals surface area contributed by atoms with Crippen molar-refractivity contribution in [2.45, 2.75) is 20.8 Å². The first-order valence-electron chi connectivity index (χ1n) is 6.39. The van der Waals surface area contributed by atoms with Crippen molar-refractivity contribution in [3.05, 3.63) is 42.2 Å². The lowest BCUT2D eigenvalue weighted by Gasteiger charge is -2.22. The first-order chi connectivity index (χ1) is 8.77. The van der Waals surface area contributed by atoms with Crippen LogP contribution in [0.1, 0.15) is 19.4 Å². The van der Waals surface area contributed by atoms with Gasteiger partial charge in [0.1, 0.15) is 12.1 Å². The Morgan fingerprint density at radius 1 is 1.00 bits per heavy atom. The minimum absolute atomic E-state index is 0.961. The van der Waals surface area contributed by atoms with Crippen LogP contribution in [0.5, 0.6) is 0 Å². The van der Waals surface area contributed by atoms with Crippen LogP contribution in [-0.2, 0) is 0 Å². The summed E-state index contributed by atoms with van der Waals surface area (Å²) in [6, 6.07) is 10.3. The van der Waals surface area contributed by atoms with Gasteiger partial charge in [0, 0.05) is 24.2 Å². The molecular weight excluding hydrogens is 222 g/mol. The maximum Gasteiger partial charge on any atom is 0.135 e. The lowest BCUT2D eigenvalue weighted by molar-refractivity contribution is 0.835. The molecule has 0 aliphatic rings. The lowest BCUT2D eigenvalue weighted by Crippen LogP contribution is -2.24. The monoisotopic (exact) mass is 241 g/mol. The molecule has 0 bridgehead atoms. The van der Waals surface area contributed by atoms with Gasteiger partial charge in [0.2, 0.25) is 0 Å². The van der Waals surface area contributed by atoms with E-state index < -0.39 is 0 Å². The van der Waals surface area contributed by atoms with Crippen LogP contribution in [-0.4, -0.2) is 23.1 Å². The smallest absolute Gasteiger partial charge is 0.135 e. The summed E-state index contributed by atoms with van der Waals surface area (Å²) in [5, 5.41) is 0. The second-order valence-corrected chi connectivity index (χ2v) is 4.21. The van der Waals surface area contributed by atoms with Gasteiger partial charge in [0.05, 0.1) is 5.69 Å². The third-order valence-corrected chi connectivity index (χ3v) is 3.17. The van der Waals surface area contributed by atoms with Crippen molar-refractivity contribution in [2.75, 3.05) is 18.0 Å². The minimum atomic E-state index is 0.961. The van der Waals surface area contributed by atoms with Crippen LogP contribution < -0.4 is 4.90 Å². The van der Waals surface area contributed by atoms with Crippen LogP contribution in [0.15, 0.2) is 36.7 Å². The second kappa shape index (κ2) is 5.63. The Kier molecular flexibility index (Phi) is 3.92. The SMILES string of the molecule is CCN(CC)c1ncnc(-c2ccccc2)c1C. The molecule has 1 aromatic heterocycles. The van der Waals surface area contributed by atoms with Crippen LogP contribution >= 0.6 is 0 Å². The van der Waals surface area contributed by atoms with E-state index in [4.69, 9.17) is 0 Å². The quantitative estimate of drug-likeness (QED) is 0.822. The van der Waals surface area contributed by atoms with Crippen LogP contribution in [0.25, 0.3) is 11.3 Å². The van der Waals surface area contributed by atoms with E-state index >= 15 is 0 Å². The Morgan fingerprint density at radius 3 is 2.28 bits per heavy atom. The van der Waals surface area contributed by atoms with Gasteiger partial charge in [0.25, 0.3) is 0 Å². The lowest BCUT2D eigenvalue weighted by atomic mass is 10.1. The molecule has 0 unspecified atom stereocenters. The van der Waals surface area contributed by atoms with E-state index in [2.05, 4.69) is 47.8 Å². The van der Waals surface area contributed by atoms with E-state index in [1.807, 2.05) is 18.2 Å². The molecule has 18 heavy (non-hydrogen) atoms. The van der Waals surface area contributed by atoms with E-state index in [-0.39, 0.29) is 0 Å². The van der Waals surface area contributed by atoms with Crippen molar-refractivity contribution in [2.24, 2.45) is 0 Å². The van der Waals surface area contributed by atoms with Crippen molar-refractivity contribution in [1.82, 2.24) is 9.97 Å². The molecule has 0 atom stereocenters. The van der Waals surface area contributed by atoms with Gasteiger partial charge >= 0.3 is 0 Å². The Morgan fingerprint density at radius 2 is 1.67 bits per heavy atom. The molecule has 0 saturated heterocycles. The Balaban J connectivity index is 2.48. The molecular formula is C15H19N3. The Labute approximate surface area is 109 Å². The highest BCUT2D eigenvalue weighted by Gasteiger charge is 2.12. The van der Waals surface area contributed by atoms with Crippen LogP contribution in [0.2, 0.25) is 0 Å². The van der Waals surface area contributed by atoms with Gasteiger partial charge in [-0.3, -0.25) is 0 Å². The fourth-order valence-electron chi connectivity index (χ4n) is 2.17. The van der Waals surface area contributed by atoms with E-state index in [0.29, 0.717) is 0 Å². The van der Waals surface area contributed by atoms with Gasteiger partial charge in [-0.15, -0.1) is 0 Å². The minimum Gasteiger partial charge on any atom is -0.357 e. The number of rotatable bonds is 4. The summed E-state index contributed by atoms with van der Waals surface area (Å²) in [5.74, 6) is 1.04. The number of hydrogen-bond donors (Lipinski definition) is 0. The third-order valence-electron chi connectivity index (χ3n) is 3.17. The summed E-state index contributed by atoms with van der Waals surface area (Å²) in [6.45, 7) is 8.31. The number of hydrogen-bond acceptors (Lipinski definition) is 3. The highest BCUT2D eigenvalue weighted by molar-refractivity contribution is 5.68. The molecule has 0 fully saturated rings. The summed E-state index contributed by atoms with van der Waals surface area (Å²) >= 11 is 0. The average molecular weight is 241 g/mol. The summed E-state index contributed by atoms with van der Waals surface area (Å²) < 4.78 is 0. The first kappa shape index (κ1) is 12.6. The van der Waals surface area contributed by atoms with Crippen molar-refractivity contribution >= 4 is 5.82 Å². The summed E-state index contributed by atoms with van der Waals surface area (Å²) in [4.78, 5) is 11.1. The second-order valence-electron chi connectivity index (χ2n) is 4.21. The van der Waals surface area contributed by atoms with E-state index in [1.165, 1.54) is 0 Å². The zero-order valence-electron chi connectivity index (χ0n) is 11.2. The largest absolute Gasteiger partial charge is 0.357 e. The molecule has 0 amide bonds. The van der Waals surface area contributed by atoms with E-state index in [0.717, 1.165) is 35.7 Å². The van der Waals surface area contributed by atoms with Gasteiger partial charge in [-0.25, -0.2) is 9.97 Å². The summed E-state index contributed by atoms with van der Waals surface area (Å²) in [6.07, 6.45) is 1.66. The molecule has 2 rings (SSSR count). The molecule has 2 aromatic rings. The van der Waals surface area contributed by atoms with Crippen LogP contribution in [0.3, 0.4) is 0 Å². The first-order valence-corrected chi connectivity index (χ1v) is 6.39. The predicted octanol–water partition coefficient (Wildman–Crippen LogP) is 3.30. The van der Waals surface area contributed by atoms with Crippen LogP contribution in [0.4, 0.5) is 5.82 Å². The average Bonchev–Trinajstić information content (AvgIpc) is 2.43. The van der Waals surface area contributed by atoms with E-state index in [1.54, 1.807) is 6.33 Å². The molecule has 3 nitrogen and oxygen atoms in total. The fraction of sp³-hybridized carbons (Fsp3) is 0.333. The van der Waals surface area contributed by atoms with Gasteiger partial charge < -0.3 is 4.90 Å².